The smallest absolute Gasteiger partial charge is 0.407 e. The lowest BCUT2D eigenvalue weighted by Gasteiger charge is -2.44. The molecule has 3 aromatic rings. The normalized spacial score (nSPS) is 17.4. The Hall–Kier alpha value is -4.01. The molecule has 40 heavy (non-hydrogen) atoms. The lowest BCUT2D eigenvalue weighted by molar-refractivity contribution is -0.116. The fourth-order valence-corrected chi connectivity index (χ4v) is 5.08. The predicted molar refractivity (Wildman–Crippen MR) is 146 cm³/mol. The molecule has 0 aromatic heterocycles. The van der Waals surface area contributed by atoms with E-state index in [1.54, 1.807) is 36.4 Å². The molecule has 1 aliphatic heterocycles. The molecule has 0 spiro atoms. The number of nitrogens with one attached hydrogen (secondary N) is 1. The summed E-state index contributed by atoms with van der Waals surface area (Å²) in [4.78, 5) is 25.9. The number of benzene rings is 3. The van der Waals surface area contributed by atoms with Crippen LogP contribution < -0.4 is 10.1 Å². The minimum atomic E-state index is -1.00. The highest BCUT2D eigenvalue weighted by molar-refractivity contribution is 5.91. The summed E-state index contributed by atoms with van der Waals surface area (Å²) in [7, 11) is 0. The first kappa shape index (κ1) is 29.0. The van der Waals surface area contributed by atoms with Crippen molar-refractivity contribution in [3.05, 3.63) is 89.2 Å². The van der Waals surface area contributed by atoms with Crippen LogP contribution in [0.4, 0.5) is 23.7 Å². The number of anilines is 1. The van der Waals surface area contributed by atoms with Crippen molar-refractivity contribution >= 4 is 17.7 Å². The van der Waals surface area contributed by atoms with Crippen LogP contribution in [0.1, 0.15) is 57.1 Å². The average molecular weight is 555 g/mol. The summed E-state index contributed by atoms with van der Waals surface area (Å²) in [5.41, 5.74) is 1.57. The van der Waals surface area contributed by atoms with E-state index in [2.05, 4.69) is 5.32 Å². The van der Waals surface area contributed by atoms with Crippen molar-refractivity contribution in [2.45, 2.75) is 58.4 Å². The number of hydrogen-bond acceptors (Lipinski definition) is 3. The van der Waals surface area contributed by atoms with Gasteiger partial charge < -0.3 is 20.1 Å². The molecule has 1 saturated heterocycles. The van der Waals surface area contributed by atoms with Crippen molar-refractivity contribution in [1.82, 2.24) is 4.90 Å². The lowest BCUT2D eigenvalue weighted by atomic mass is 9.75. The molecule has 4 rings (SSSR count). The van der Waals surface area contributed by atoms with Gasteiger partial charge in [-0.1, -0.05) is 39.0 Å². The van der Waals surface area contributed by atoms with Crippen LogP contribution in [0.5, 0.6) is 11.5 Å². The molecule has 2 unspecified atom stereocenters. The molecule has 0 saturated carbocycles. The number of carbonyl (C=O) groups is 2. The van der Waals surface area contributed by atoms with E-state index in [-0.39, 0.29) is 41.1 Å². The number of rotatable bonds is 7. The highest BCUT2D eigenvalue weighted by atomic mass is 19.2. The standard InChI is InChI=1S/C31H33F3N2O4/c1-31(2,3)28-17-21(14-15-36(28)30(38)39)20-7-11-25(33)27(16-20)35-29(37)13-6-19-4-8-22(9-5-19)40-23-10-12-24(32)26(34)18-23/h4-5,7-12,16,18,21,28H,6,13-15,17H2,1-3H3,(H,35,37)(H,38,39). The molecule has 3 aromatic carbocycles. The van der Waals surface area contributed by atoms with Crippen LogP contribution in [0, 0.1) is 22.9 Å². The van der Waals surface area contributed by atoms with E-state index in [0.717, 1.165) is 23.3 Å². The topological polar surface area (TPSA) is 78.9 Å². The minimum absolute atomic E-state index is 0.0446. The van der Waals surface area contributed by atoms with Gasteiger partial charge in [0.1, 0.15) is 17.3 Å². The van der Waals surface area contributed by atoms with E-state index in [1.165, 1.54) is 17.0 Å². The summed E-state index contributed by atoms with van der Waals surface area (Å²) in [6.45, 7) is 6.43. The first-order valence-corrected chi connectivity index (χ1v) is 13.2. The molecule has 2 N–H and O–H groups in total. The number of nitrogens with zero attached hydrogens (tertiary/aromatic N) is 1. The maximum Gasteiger partial charge on any atom is 0.407 e. The number of aryl methyl sites for hydroxylation is 1. The van der Waals surface area contributed by atoms with E-state index >= 15 is 0 Å². The fourth-order valence-electron chi connectivity index (χ4n) is 5.08. The Morgan fingerprint density at radius 3 is 2.27 bits per heavy atom. The second-order valence-corrected chi connectivity index (χ2v) is 11.2. The Kier molecular flexibility index (Phi) is 8.71. The fraction of sp³-hybridized carbons (Fsp3) is 0.355. The van der Waals surface area contributed by atoms with Gasteiger partial charge in [0, 0.05) is 25.1 Å². The van der Waals surface area contributed by atoms with Crippen LogP contribution in [-0.2, 0) is 11.2 Å². The van der Waals surface area contributed by atoms with Crippen LogP contribution in [0.15, 0.2) is 60.7 Å². The second-order valence-electron chi connectivity index (χ2n) is 11.2. The summed E-state index contributed by atoms with van der Waals surface area (Å²) in [5, 5.41) is 12.3. The van der Waals surface area contributed by atoms with Crippen LogP contribution in [-0.4, -0.2) is 34.6 Å². The number of carboxylic acid groups (broad SMARTS) is 1. The van der Waals surface area contributed by atoms with Crippen molar-refractivity contribution in [3.8, 4) is 11.5 Å². The molecule has 2 atom stereocenters. The van der Waals surface area contributed by atoms with E-state index in [9.17, 15) is 27.9 Å². The number of likely N-dealkylation sites (tertiary alicyclic amines) is 1. The van der Waals surface area contributed by atoms with Crippen molar-refractivity contribution < 1.29 is 32.6 Å². The summed E-state index contributed by atoms with van der Waals surface area (Å²) in [6, 6.07) is 14.6. The quantitative estimate of drug-likeness (QED) is 0.313. The van der Waals surface area contributed by atoms with Gasteiger partial charge in [0.15, 0.2) is 11.6 Å². The first-order valence-electron chi connectivity index (χ1n) is 13.2. The molecule has 0 radical (unpaired) electrons. The molecule has 2 amide bonds. The predicted octanol–water partition coefficient (Wildman–Crippen LogP) is 7.74. The maximum absolute atomic E-state index is 14.6. The molecule has 1 aliphatic rings. The van der Waals surface area contributed by atoms with Gasteiger partial charge in [-0.2, -0.15) is 0 Å². The molecule has 0 aliphatic carbocycles. The lowest BCUT2D eigenvalue weighted by Crippen LogP contribution is -2.51. The summed E-state index contributed by atoms with van der Waals surface area (Å²) in [5.74, 6) is -2.19. The van der Waals surface area contributed by atoms with Gasteiger partial charge in [0.25, 0.3) is 0 Å². The van der Waals surface area contributed by atoms with Crippen LogP contribution in [0.3, 0.4) is 0 Å². The van der Waals surface area contributed by atoms with Gasteiger partial charge >= 0.3 is 6.09 Å². The SMILES string of the molecule is CC(C)(C)C1CC(c2ccc(F)c(NC(=O)CCc3ccc(Oc4ccc(F)c(F)c4)cc3)c2)CCN1C(=O)O. The number of halogens is 3. The van der Waals surface area contributed by atoms with Crippen molar-refractivity contribution in [3.63, 3.8) is 0 Å². The van der Waals surface area contributed by atoms with Crippen LogP contribution >= 0.6 is 0 Å². The first-order chi connectivity index (χ1) is 18.9. The molecule has 6 nitrogen and oxygen atoms in total. The van der Waals surface area contributed by atoms with E-state index in [4.69, 9.17) is 4.74 Å². The van der Waals surface area contributed by atoms with Crippen molar-refractivity contribution in [1.29, 1.82) is 0 Å². The highest BCUT2D eigenvalue weighted by Crippen LogP contribution is 2.39. The molecule has 212 valence electrons. The Labute approximate surface area is 231 Å². The number of amides is 2. The van der Waals surface area contributed by atoms with Crippen molar-refractivity contribution in [2.24, 2.45) is 5.41 Å². The molecular formula is C31H33F3N2O4. The minimum Gasteiger partial charge on any atom is -0.465 e. The third-order valence-corrected chi connectivity index (χ3v) is 7.27. The van der Waals surface area contributed by atoms with Gasteiger partial charge in [-0.05, 0) is 78.1 Å². The summed E-state index contributed by atoms with van der Waals surface area (Å²) >= 11 is 0. The molecular weight excluding hydrogens is 521 g/mol. The number of hydrogen-bond donors (Lipinski definition) is 2. The zero-order valence-corrected chi connectivity index (χ0v) is 22.7. The third kappa shape index (κ3) is 7.14. The van der Waals surface area contributed by atoms with Gasteiger partial charge in [0.2, 0.25) is 5.91 Å². The van der Waals surface area contributed by atoms with E-state index in [1.807, 2.05) is 20.8 Å². The maximum atomic E-state index is 14.6. The third-order valence-electron chi connectivity index (χ3n) is 7.27. The monoisotopic (exact) mass is 554 g/mol. The highest BCUT2D eigenvalue weighted by Gasteiger charge is 2.39. The summed E-state index contributed by atoms with van der Waals surface area (Å²) in [6.07, 6.45) is 0.824. The van der Waals surface area contributed by atoms with Gasteiger partial charge in [-0.3, -0.25) is 4.79 Å². The largest absolute Gasteiger partial charge is 0.465 e. The number of ether oxygens (including phenoxy) is 1. The Bertz CT molecular complexity index is 1370. The molecule has 9 heteroatoms. The molecule has 1 heterocycles. The number of carbonyl (C=O) groups excluding carboxylic acids is 1. The molecule has 0 bridgehead atoms. The van der Waals surface area contributed by atoms with E-state index in [0.29, 0.717) is 31.6 Å². The Morgan fingerprint density at radius 1 is 0.950 bits per heavy atom. The van der Waals surface area contributed by atoms with E-state index < -0.39 is 23.5 Å². The average Bonchev–Trinajstić information content (AvgIpc) is 2.91. The zero-order chi connectivity index (χ0) is 29.0. The van der Waals surface area contributed by atoms with Gasteiger partial charge in [-0.15, -0.1) is 0 Å². The summed E-state index contributed by atoms with van der Waals surface area (Å²) < 4.78 is 46.6. The number of piperidine rings is 1. The Balaban J connectivity index is 1.35. The van der Waals surface area contributed by atoms with Gasteiger partial charge in [0.05, 0.1) is 5.69 Å². The van der Waals surface area contributed by atoms with Crippen LogP contribution in [0.2, 0.25) is 0 Å². The van der Waals surface area contributed by atoms with Crippen molar-refractivity contribution in [2.75, 3.05) is 11.9 Å². The van der Waals surface area contributed by atoms with Crippen LogP contribution in [0.25, 0.3) is 0 Å². The van der Waals surface area contributed by atoms with Gasteiger partial charge in [-0.25, -0.2) is 18.0 Å². The zero-order valence-electron chi connectivity index (χ0n) is 22.7. The Morgan fingerprint density at radius 2 is 1.62 bits per heavy atom. The molecule has 1 fully saturated rings. The second kappa shape index (κ2) is 12.0.